The number of benzene rings is 1. The minimum Gasteiger partial charge on any atom is -0.485 e. The Bertz CT molecular complexity index is 559. The maximum absolute atomic E-state index is 13.2. The van der Waals surface area contributed by atoms with Gasteiger partial charge in [-0.1, -0.05) is 6.07 Å². The smallest absolute Gasteiger partial charge is 0.128 e. The first-order valence-corrected chi connectivity index (χ1v) is 5.78. The monoisotopic (exact) mass is 245 g/mol. The van der Waals surface area contributed by atoms with E-state index in [0.717, 1.165) is 5.56 Å². The maximum Gasteiger partial charge on any atom is 0.128 e. The summed E-state index contributed by atoms with van der Waals surface area (Å²) in [6, 6.07) is 7.90. The van der Waals surface area contributed by atoms with Gasteiger partial charge in [-0.2, -0.15) is 0 Å². The number of nitrogens with zero attached hydrogens (tertiary/aromatic N) is 1. The summed E-state index contributed by atoms with van der Waals surface area (Å²) in [4.78, 5) is 4.02. The number of pyridine rings is 1. The Kier molecular flexibility index (Phi) is 2.72. The number of aliphatic hydroxyl groups excluding tert-OH is 1. The van der Waals surface area contributed by atoms with Gasteiger partial charge < -0.3 is 9.84 Å². The highest BCUT2D eigenvalue weighted by atomic mass is 19.1. The number of hydrogen-bond acceptors (Lipinski definition) is 3. The summed E-state index contributed by atoms with van der Waals surface area (Å²) in [5.41, 5.74) is 1.52. The number of ether oxygens (including phenoxy) is 1. The SMILES string of the molecule is O[C@H]1CC(c2cccnc2)Oc2cc(F)ccc21. The van der Waals surface area contributed by atoms with Crippen LogP contribution in [0.15, 0.2) is 42.7 Å². The molecule has 3 rings (SSSR count). The van der Waals surface area contributed by atoms with Gasteiger partial charge in [0.1, 0.15) is 17.7 Å². The molecule has 0 amide bonds. The maximum atomic E-state index is 13.2. The highest BCUT2D eigenvalue weighted by Gasteiger charge is 2.28. The van der Waals surface area contributed by atoms with Crippen LogP contribution >= 0.6 is 0 Å². The lowest BCUT2D eigenvalue weighted by Gasteiger charge is -2.29. The lowest BCUT2D eigenvalue weighted by molar-refractivity contribution is 0.0652. The van der Waals surface area contributed by atoms with Crippen LogP contribution < -0.4 is 4.74 Å². The minimum atomic E-state index is -0.639. The van der Waals surface area contributed by atoms with Crippen LogP contribution in [0, 0.1) is 5.82 Å². The summed E-state index contributed by atoms with van der Waals surface area (Å²) in [7, 11) is 0. The third-order valence-corrected chi connectivity index (χ3v) is 3.10. The summed E-state index contributed by atoms with van der Waals surface area (Å²) in [5, 5.41) is 10.1. The highest BCUT2D eigenvalue weighted by Crippen LogP contribution is 2.40. The fourth-order valence-electron chi connectivity index (χ4n) is 2.19. The zero-order valence-corrected chi connectivity index (χ0v) is 9.58. The van der Waals surface area contributed by atoms with Gasteiger partial charge in [-0.15, -0.1) is 0 Å². The average Bonchev–Trinajstić information content (AvgIpc) is 2.39. The highest BCUT2D eigenvalue weighted by molar-refractivity contribution is 5.38. The molecule has 0 saturated carbocycles. The van der Waals surface area contributed by atoms with Crippen molar-refractivity contribution in [3.8, 4) is 5.75 Å². The fraction of sp³-hybridized carbons (Fsp3) is 0.214. The topological polar surface area (TPSA) is 42.4 Å². The molecule has 1 aliphatic heterocycles. The van der Waals surface area contributed by atoms with Crippen molar-refractivity contribution in [2.24, 2.45) is 0 Å². The lowest BCUT2D eigenvalue weighted by Crippen LogP contribution is -2.19. The quantitative estimate of drug-likeness (QED) is 0.840. The summed E-state index contributed by atoms with van der Waals surface area (Å²) >= 11 is 0. The van der Waals surface area contributed by atoms with E-state index in [2.05, 4.69) is 4.98 Å². The Morgan fingerprint density at radius 1 is 1.33 bits per heavy atom. The predicted octanol–water partition coefficient (Wildman–Crippen LogP) is 2.78. The van der Waals surface area contributed by atoms with Crippen molar-refractivity contribution >= 4 is 0 Å². The van der Waals surface area contributed by atoms with Gasteiger partial charge in [0.15, 0.2) is 0 Å². The van der Waals surface area contributed by atoms with Gasteiger partial charge in [-0.25, -0.2) is 4.39 Å². The van der Waals surface area contributed by atoms with Crippen molar-refractivity contribution in [3.05, 3.63) is 59.7 Å². The molecule has 1 aromatic carbocycles. The fourth-order valence-corrected chi connectivity index (χ4v) is 2.19. The van der Waals surface area contributed by atoms with Gasteiger partial charge in [0, 0.05) is 36.0 Å². The zero-order valence-electron chi connectivity index (χ0n) is 9.58. The Morgan fingerprint density at radius 2 is 2.22 bits per heavy atom. The van der Waals surface area contributed by atoms with E-state index in [9.17, 15) is 9.50 Å². The van der Waals surface area contributed by atoms with Gasteiger partial charge in [0.2, 0.25) is 0 Å². The summed E-state index contributed by atoms with van der Waals surface area (Å²) in [6.07, 6.45) is 2.89. The molecule has 2 heterocycles. The van der Waals surface area contributed by atoms with Crippen LogP contribution in [0.3, 0.4) is 0 Å². The number of fused-ring (bicyclic) bond motifs is 1. The second-order valence-electron chi connectivity index (χ2n) is 4.33. The molecular formula is C14H12FNO2. The van der Waals surface area contributed by atoms with Crippen molar-refractivity contribution in [2.45, 2.75) is 18.6 Å². The average molecular weight is 245 g/mol. The van der Waals surface area contributed by atoms with Gasteiger partial charge in [-0.05, 0) is 18.2 Å². The number of halogens is 1. The Balaban J connectivity index is 1.96. The first-order chi connectivity index (χ1) is 8.74. The summed E-state index contributed by atoms with van der Waals surface area (Å²) in [5.74, 6) is 0.0374. The van der Waals surface area contributed by atoms with E-state index in [1.165, 1.54) is 12.1 Å². The summed E-state index contributed by atoms with van der Waals surface area (Å²) < 4.78 is 18.9. The number of aromatic nitrogens is 1. The molecule has 0 saturated heterocycles. The molecular weight excluding hydrogens is 233 g/mol. The normalized spacial score (nSPS) is 22.1. The first-order valence-electron chi connectivity index (χ1n) is 5.78. The standard InChI is InChI=1S/C14H12FNO2/c15-10-3-4-11-12(17)7-13(18-14(11)6-10)9-2-1-5-16-8-9/h1-6,8,12-13,17H,7H2/t12-,13?/m0/s1. The van der Waals surface area contributed by atoms with E-state index in [-0.39, 0.29) is 11.9 Å². The molecule has 0 aliphatic carbocycles. The van der Waals surface area contributed by atoms with Crippen LogP contribution in [0.1, 0.15) is 29.8 Å². The Labute approximate surface area is 104 Å². The molecule has 0 radical (unpaired) electrons. The molecule has 0 spiro atoms. The van der Waals surface area contributed by atoms with Gasteiger partial charge in [0.05, 0.1) is 6.10 Å². The number of rotatable bonds is 1. The van der Waals surface area contributed by atoms with Gasteiger partial charge in [-0.3, -0.25) is 4.98 Å². The van der Waals surface area contributed by atoms with Crippen molar-refractivity contribution in [1.82, 2.24) is 4.98 Å². The van der Waals surface area contributed by atoms with Crippen LogP contribution in [0.5, 0.6) is 5.75 Å². The Morgan fingerprint density at radius 3 is 3.00 bits per heavy atom. The minimum absolute atomic E-state index is 0.289. The largest absolute Gasteiger partial charge is 0.485 e. The predicted molar refractivity (Wildman–Crippen MR) is 63.6 cm³/mol. The van der Waals surface area contributed by atoms with E-state index in [1.807, 2.05) is 12.1 Å². The van der Waals surface area contributed by atoms with E-state index in [1.54, 1.807) is 18.5 Å². The molecule has 1 unspecified atom stereocenters. The second kappa shape index (κ2) is 4.38. The van der Waals surface area contributed by atoms with Gasteiger partial charge >= 0.3 is 0 Å². The third-order valence-electron chi connectivity index (χ3n) is 3.10. The third kappa shape index (κ3) is 1.95. The molecule has 0 bridgehead atoms. The van der Waals surface area contributed by atoms with Crippen molar-refractivity contribution < 1.29 is 14.2 Å². The molecule has 1 aromatic heterocycles. The Hall–Kier alpha value is -1.94. The molecule has 1 N–H and O–H groups in total. The van der Waals surface area contributed by atoms with Crippen LogP contribution in [0.2, 0.25) is 0 Å². The van der Waals surface area contributed by atoms with E-state index < -0.39 is 6.10 Å². The van der Waals surface area contributed by atoms with Crippen LogP contribution in [0.25, 0.3) is 0 Å². The zero-order chi connectivity index (χ0) is 12.5. The number of hydrogen-bond donors (Lipinski definition) is 1. The van der Waals surface area contributed by atoms with Crippen molar-refractivity contribution in [1.29, 1.82) is 0 Å². The molecule has 18 heavy (non-hydrogen) atoms. The number of aliphatic hydroxyl groups is 1. The van der Waals surface area contributed by atoms with Crippen LogP contribution in [0.4, 0.5) is 4.39 Å². The van der Waals surface area contributed by atoms with E-state index >= 15 is 0 Å². The van der Waals surface area contributed by atoms with E-state index in [4.69, 9.17) is 4.74 Å². The molecule has 4 heteroatoms. The van der Waals surface area contributed by atoms with Crippen LogP contribution in [-0.4, -0.2) is 10.1 Å². The van der Waals surface area contributed by atoms with Crippen LogP contribution in [-0.2, 0) is 0 Å². The second-order valence-corrected chi connectivity index (χ2v) is 4.33. The molecule has 2 atom stereocenters. The lowest BCUT2D eigenvalue weighted by atomic mass is 9.96. The van der Waals surface area contributed by atoms with Gasteiger partial charge in [0.25, 0.3) is 0 Å². The first kappa shape index (κ1) is 11.2. The summed E-state index contributed by atoms with van der Waals surface area (Å²) in [6.45, 7) is 0. The molecule has 0 fully saturated rings. The van der Waals surface area contributed by atoms with Crippen molar-refractivity contribution in [2.75, 3.05) is 0 Å². The van der Waals surface area contributed by atoms with E-state index in [0.29, 0.717) is 17.7 Å². The van der Waals surface area contributed by atoms with Crippen molar-refractivity contribution in [3.63, 3.8) is 0 Å². The molecule has 92 valence electrons. The molecule has 2 aromatic rings. The molecule has 1 aliphatic rings. The molecule has 3 nitrogen and oxygen atoms in total.